The highest BCUT2D eigenvalue weighted by Crippen LogP contribution is 2.26. The molecule has 1 aliphatic heterocycles. The van der Waals surface area contributed by atoms with Crippen LogP contribution in [0.25, 0.3) is 0 Å². The molecule has 1 fully saturated rings. The van der Waals surface area contributed by atoms with Crippen molar-refractivity contribution < 1.29 is 19.0 Å². The maximum Gasteiger partial charge on any atom is 0.165 e. The molecule has 2 aromatic carbocycles. The molecule has 1 saturated heterocycles. The van der Waals surface area contributed by atoms with Gasteiger partial charge in [0.05, 0.1) is 12.1 Å². The molecule has 1 unspecified atom stereocenters. The minimum Gasteiger partial charge on any atom is -0.492 e. The molecule has 0 bridgehead atoms. The van der Waals surface area contributed by atoms with Gasteiger partial charge in [-0.05, 0) is 55.6 Å². The molecule has 1 N–H and O–H groups in total. The molecular weight excluding hydrogens is 445 g/mol. The Morgan fingerprint density at radius 1 is 1.06 bits per heavy atom. The molecule has 7 heteroatoms. The Kier molecular flexibility index (Phi) is 8.42. The van der Waals surface area contributed by atoms with Crippen molar-refractivity contribution in [3.63, 3.8) is 0 Å². The lowest BCUT2D eigenvalue weighted by Gasteiger charge is -2.27. The summed E-state index contributed by atoms with van der Waals surface area (Å²) in [5, 5.41) is 11.0. The van der Waals surface area contributed by atoms with Crippen LogP contribution in [-0.4, -0.2) is 51.5 Å². The fourth-order valence-corrected chi connectivity index (χ4v) is 4.53. The van der Waals surface area contributed by atoms with Gasteiger partial charge in [0, 0.05) is 31.4 Å². The van der Waals surface area contributed by atoms with Gasteiger partial charge in [0.15, 0.2) is 11.6 Å². The van der Waals surface area contributed by atoms with E-state index in [-0.39, 0.29) is 12.4 Å². The number of rotatable bonds is 10. The monoisotopic (exact) mass is 481 g/mol. The fraction of sp³-hybridized carbons (Fsp3) is 0.464. The first-order chi connectivity index (χ1) is 16.9. The molecule has 3 aromatic rings. The first-order valence-electron chi connectivity index (χ1n) is 12.5. The van der Waals surface area contributed by atoms with Gasteiger partial charge in [-0.15, -0.1) is 0 Å². The summed E-state index contributed by atoms with van der Waals surface area (Å²) >= 11 is 0. The summed E-state index contributed by atoms with van der Waals surface area (Å²) in [4.78, 5) is 6.77. The summed E-state index contributed by atoms with van der Waals surface area (Å²) in [5.41, 5.74) is 0.265. The lowest BCUT2D eigenvalue weighted by Crippen LogP contribution is -2.37. The lowest BCUT2D eigenvalue weighted by atomic mass is 9.96. The number of aliphatic hydroxyl groups is 1. The average Bonchev–Trinajstić information content (AvgIpc) is 3.24. The first-order valence-corrected chi connectivity index (χ1v) is 12.5. The zero-order valence-corrected chi connectivity index (χ0v) is 20.7. The summed E-state index contributed by atoms with van der Waals surface area (Å²) in [6.07, 6.45) is 5.93. The van der Waals surface area contributed by atoms with Crippen LogP contribution < -0.4 is 9.47 Å². The molecule has 2 heterocycles. The normalized spacial score (nSPS) is 19.0. The fourth-order valence-electron chi connectivity index (χ4n) is 4.53. The smallest absolute Gasteiger partial charge is 0.165 e. The second-order valence-electron chi connectivity index (χ2n) is 9.70. The zero-order valence-electron chi connectivity index (χ0n) is 20.7. The Labute approximate surface area is 207 Å². The number of nitrogens with zero attached hydrogens (tertiary/aromatic N) is 3. The topological polar surface area (TPSA) is 59.8 Å². The predicted octanol–water partition coefficient (Wildman–Crippen LogP) is 5.02. The van der Waals surface area contributed by atoms with E-state index in [9.17, 15) is 9.50 Å². The Bertz CT molecular complexity index is 1070. The van der Waals surface area contributed by atoms with Gasteiger partial charge in [-0.25, -0.2) is 9.37 Å². The van der Waals surface area contributed by atoms with Crippen molar-refractivity contribution >= 4 is 0 Å². The largest absolute Gasteiger partial charge is 0.492 e. The number of hydrogen-bond donors (Lipinski definition) is 1. The van der Waals surface area contributed by atoms with Crippen molar-refractivity contribution in [2.75, 3.05) is 26.3 Å². The number of para-hydroxylation sites is 1. The highest BCUT2D eigenvalue weighted by molar-refractivity contribution is 5.27. The molecule has 0 aliphatic carbocycles. The van der Waals surface area contributed by atoms with Gasteiger partial charge in [0.2, 0.25) is 0 Å². The summed E-state index contributed by atoms with van der Waals surface area (Å²) in [6, 6.07) is 14.6. The third-order valence-electron chi connectivity index (χ3n) is 6.54. The van der Waals surface area contributed by atoms with Crippen molar-refractivity contribution in [1.29, 1.82) is 0 Å². The number of aromatic nitrogens is 2. The third-order valence-corrected chi connectivity index (χ3v) is 6.54. The van der Waals surface area contributed by atoms with Crippen molar-refractivity contribution in [2.24, 2.45) is 0 Å². The maximum absolute atomic E-state index is 13.8. The molecule has 1 aliphatic rings. The van der Waals surface area contributed by atoms with Gasteiger partial charge >= 0.3 is 0 Å². The van der Waals surface area contributed by atoms with Gasteiger partial charge in [-0.3, -0.25) is 4.90 Å². The quantitative estimate of drug-likeness (QED) is 0.441. The van der Waals surface area contributed by atoms with Crippen LogP contribution in [0.5, 0.6) is 11.5 Å². The van der Waals surface area contributed by atoms with E-state index in [4.69, 9.17) is 9.47 Å². The van der Waals surface area contributed by atoms with Crippen molar-refractivity contribution in [3.05, 3.63) is 78.1 Å². The molecule has 0 radical (unpaired) electrons. The average molecular weight is 482 g/mol. The van der Waals surface area contributed by atoms with Crippen LogP contribution in [0, 0.1) is 5.82 Å². The molecule has 0 spiro atoms. The highest BCUT2D eigenvalue weighted by Gasteiger charge is 2.31. The number of halogens is 1. The van der Waals surface area contributed by atoms with Crippen LogP contribution in [0.2, 0.25) is 0 Å². The van der Waals surface area contributed by atoms with Gasteiger partial charge in [0.1, 0.15) is 24.8 Å². The number of imidazole rings is 1. The van der Waals surface area contributed by atoms with Crippen molar-refractivity contribution in [3.8, 4) is 11.5 Å². The predicted molar refractivity (Wildman–Crippen MR) is 134 cm³/mol. The molecule has 0 saturated carbocycles. The summed E-state index contributed by atoms with van der Waals surface area (Å²) in [6.45, 7) is 8.23. The van der Waals surface area contributed by atoms with E-state index in [1.165, 1.54) is 11.6 Å². The van der Waals surface area contributed by atoms with Crippen LogP contribution >= 0.6 is 0 Å². The standard InChI is InChI=1S/C28H36FN3O3/c1-22(2)27-30-14-17-32(27)18-19-34-24-10-8-23(9-11-24)20-31-15-5-12-28(33,13-16-31)21-35-26-7-4-3-6-25(26)29/h3-4,6-11,14,17,22,33H,5,12-13,15-16,18-21H2,1-2H3. The highest BCUT2D eigenvalue weighted by atomic mass is 19.1. The van der Waals surface area contributed by atoms with E-state index in [0.717, 1.165) is 44.2 Å². The zero-order chi connectivity index (χ0) is 24.7. The number of ether oxygens (including phenoxy) is 2. The van der Waals surface area contributed by atoms with Crippen LogP contribution in [-0.2, 0) is 13.1 Å². The molecule has 0 amide bonds. The van der Waals surface area contributed by atoms with Gasteiger partial charge in [-0.2, -0.15) is 0 Å². The van der Waals surface area contributed by atoms with E-state index in [2.05, 4.69) is 40.4 Å². The first kappa shape index (κ1) is 25.2. The third kappa shape index (κ3) is 7.05. The summed E-state index contributed by atoms with van der Waals surface area (Å²) in [7, 11) is 0. The van der Waals surface area contributed by atoms with Gasteiger partial charge < -0.3 is 19.1 Å². The minimum absolute atomic E-state index is 0.103. The Balaban J connectivity index is 1.23. The molecular formula is C28H36FN3O3. The SMILES string of the molecule is CC(C)c1nccn1CCOc1ccc(CN2CCCC(O)(COc3ccccc3F)CC2)cc1. The minimum atomic E-state index is -0.945. The molecule has 1 aromatic heterocycles. The van der Waals surface area contributed by atoms with Crippen molar-refractivity contribution in [1.82, 2.24) is 14.5 Å². The van der Waals surface area contributed by atoms with Crippen LogP contribution in [0.3, 0.4) is 0 Å². The van der Waals surface area contributed by atoms with E-state index >= 15 is 0 Å². The molecule has 6 nitrogen and oxygen atoms in total. The molecule has 1 atom stereocenters. The van der Waals surface area contributed by atoms with Crippen LogP contribution in [0.4, 0.5) is 4.39 Å². The number of hydrogen-bond acceptors (Lipinski definition) is 5. The number of likely N-dealkylation sites (tertiary alicyclic amines) is 1. The Morgan fingerprint density at radius 2 is 1.86 bits per heavy atom. The van der Waals surface area contributed by atoms with E-state index < -0.39 is 11.4 Å². The van der Waals surface area contributed by atoms with Crippen molar-refractivity contribution in [2.45, 2.75) is 57.7 Å². The van der Waals surface area contributed by atoms with Gasteiger partial charge in [0.25, 0.3) is 0 Å². The molecule has 4 rings (SSSR count). The summed E-state index contributed by atoms with van der Waals surface area (Å²) < 4.78 is 27.5. The van der Waals surface area contributed by atoms with Crippen LogP contribution in [0.1, 0.15) is 50.4 Å². The lowest BCUT2D eigenvalue weighted by molar-refractivity contribution is -0.0177. The molecule has 188 valence electrons. The Hall–Kier alpha value is -2.90. The van der Waals surface area contributed by atoms with E-state index in [1.807, 2.05) is 24.5 Å². The van der Waals surface area contributed by atoms with Gasteiger partial charge in [-0.1, -0.05) is 38.1 Å². The second kappa shape index (κ2) is 11.7. The van der Waals surface area contributed by atoms with Crippen LogP contribution in [0.15, 0.2) is 60.9 Å². The van der Waals surface area contributed by atoms with E-state index in [0.29, 0.717) is 25.4 Å². The Morgan fingerprint density at radius 3 is 2.63 bits per heavy atom. The maximum atomic E-state index is 13.8. The molecule has 35 heavy (non-hydrogen) atoms. The van der Waals surface area contributed by atoms with E-state index in [1.54, 1.807) is 18.2 Å². The second-order valence-corrected chi connectivity index (χ2v) is 9.70. The summed E-state index contributed by atoms with van der Waals surface area (Å²) in [5.74, 6) is 2.11. The number of benzene rings is 2.